The lowest BCUT2D eigenvalue weighted by Crippen LogP contribution is -2.38. The predicted molar refractivity (Wildman–Crippen MR) is 82.7 cm³/mol. The first-order chi connectivity index (χ1) is 10.9. The molecule has 0 aliphatic heterocycles. The summed E-state index contributed by atoms with van der Waals surface area (Å²) in [4.78, 5) is 3.96. The molecular formula is C15H22F3N3O2. The first-order valence-electron chi connectivity index (χ1n) is 7.18. The van der Waals surface area contributed by atoms with Crippen LogP contribution in [0, 0.1) is 0 Å². The van der Waals surface area contributed by atoms with Crippen LogP contribution in [-0.4, -0.2) is 39.9 Å². The van der Waals surface area contributed by atoms with Gasteiger partial charge in [0, 0.05) is 26.7 Å². The Morgan fingerprint density at radius 1 is 1.26 bits per heavy atom. The molecule has 8 heteroatoms. The van der Waals surface area contributed by atoms with Crippen LogP contribution in [0.15, 0.2) is 23.2 Å². The second-order valence-electron chi connectivity index (χ2n) is 4.57. The first kappa shape index (κ1) is 19.1. The fourth-order valence-corrected chi connectivity index (χ4v) is 1.89. The molecule has 0 aliphatic rings. The molecule has 130 valence electrons. The van der Waals surface area contributed by atoms with Gasteiger partial charge in [-0.05, 0) is 24.6 Å². The topological polar surface area (TPSA) is 54.9 Å². The Kier molecular flexibility index (Phi) is 7.67. The van der Waals surface area contributed by atoms with E-state index in [9.17, 15) is 13.2 Å². The SMILES string of the molecule is CCOCCNC(=NC)NCc1ccc(OC)cc1C(F)(F)F. The lowest BCUT2D eigenvalue weighted by molar-refractivity contribution is -0.138. The second kappa shape index (κ2) is 9.24. The van der Waals surface area contributed by atoms with Crippen LogP contribution in [0.1, 0.15) is 18.1 Å². The third kappa shape index (κ3) is 6.35. The molecule has 0 fully saturated rings. The largest absolute Gasteiger partial charge is 0.497 e. The number of halogens is 3. The Labute approximate surface area is 133 Å². The van der Waals surface area contributed by atoms with E-state index in [2.05, 4.69) is 15.6 Å². The van der Waals surface area contributed by atoms with Crippen LogP contribution in [0.3, 0.4) is 0 Å². The molecule has 0 bridgehead atoms. The standard InChI is InChI=1S/C15H22F3N3O2/c1-4-23-8-7-20-14(19-2)21-10-11-5-6-12(22-3)9-13(11)15(16,17)18/h5-6,9H,4,7-8,10H2,1-3H3,(H2,19,20,21). The number of hydrogen-bond donors (Lipinski definition) is 2. The zero-order chi connectivity index (χ0) is 17.3. The van der Waals surface area contributed by atoms with E-state index in [1.165, 1.54) is 19.2 Å². The fraction of sp³-hybridized carbons (Fsp3) is 0.533. The number of rotatable bonds is 7. The molecule has 5 nitrogen and oxygen atoms in total. The average Bonchev–Trinajstić information content (AvgIpc) is 2.53. The van der Waals surface area contributed by atoms with Crippen molar-refractivity contribution in [2.45, 2.75) is 19.6 Å². The lowest BCUT2D eigenvalue weighted by atomic mass is 10.1. The van der Waals surface area contributed by atoms with Gasteiger partial charge in [0.05, 0.1) is 19.3 Å². The minimum absolute atomic E-state index is 0.00680. The van der Waals surface area contributed by atoms with Crippen molar-refractivity contribution in [1.82, 2.24) is 10.6 Å². The number of hydrogen-bond acceptors (Lipinski definition) is 3. The molecule has 1 aromatic carbocycles. The van der Waals surface area contributed by atoms with Gasteiger partial charge in [0.25, 0.3) is 0 Å². The molecule has 1 rings (SSSR count). The number of ether oxygens (including phenoxy) is 2. The molecule has 0 saturated heterocycles. The van der Waals surface area contributed by atoms with E-state index in [0.717, 1.165) is 6.07 Å². The normalized spacial score (nSPS) is 12.2. The van der Waals surface area contributed by atoms with Crippen LogP contribution in [-0.2, 0) is 17.5 Å². The lowest BCUT2D eigenvalue weighted by Gasteiger charge is -2.16. The van der Waals surface area contributed by atoms with Crippen molar-refractivity contribution in [1.29, 1.82) is 0 Å². The summed E-state index contributed by atoms with van der Waals surface area (Å²) in [6.45, 7) is 3.49. The van der Waals surface area contributed by atoms with E-state index in [1.807, 2.05) is 6.92 Å². The van der Waals surface area contributed by atoms with E-state index < -0.39 is 11.7 Å². The van der Waals surface area contributed by atoms with Crippen LogP contribution in [0.2, 0.25) is 0 Å². The number of nitrogens with one attached hydrogen (secondary N) is 2. The fourth-order valence-electron chi connectivity index (χ4n) is 1.89. The summed E-state index contributed by atoms with van der Waals surface area (Å²) in [5, 5.41) is 5.82. The highest BCUT2D eigenvalue weighted by molar-refractivity contribution is 5.79. The Hall–Kier alpha value is -1.96. The summed E-state index contributed by atoms with van der Waals surface area (Å²) >= 11 is 0. The zero-order valence-electron chi connectivity index (χ0n) is 13.5. The van der Waals surface area contributed by atoms with E-state index in [1.54, 1.807) is 7.05 Å². The van der Waals surface area contributed by atoms with Crippen LogP contribution in [0.25, 0.3) is 0 Å². The van der Waals surface area contributed by atoms with Crippen molar-refractivity contribution < 1.29 is 22.6 Å². The van der Waals surface area contributed by atoms with Gasteiger partial charge in [-0.3, -0.25) is 4.99 Å². The van der Waals surface area contributed by atoms with Crippen molar-refractivity contribution >= 4 is 5.96 Å². The average molecular weight is 333 g/mol. The number of methoxy groups -OCH3 is 1. The van der Waals surface area contributed by atoms with Gasteiger partial charge in [-0.2, -0.15) is 13.2 Å². The Bertz CT molecular complexity index is 519. The van der Waals surface area contributed by atoms with Gasteiger partial charge in [0.1, 0.15) is 5.75 Å². The van der Waals surface area contributed by atoms with Crippen molar-refractivity contribution in [3.63, 3.8) is 0 Å². The third-order valence-corrected chi connectivity index (χ3v) is 3.04. The summed E-state index contributed by atoms with van der Waals surface area (Å²) in [6, 6.07) is 3.88. The monoisotopic (exact) mass is 333 g/mol. The number of alkyl halides is 3. The molecule has 0 saturated carbocycles. The van der Waals surface area contributed by atoms with Crippen LogP contribution in [0.4, 0.5) is 13.2 Å². The first-order valence-corrected chi connectivity index (χ1v) is 7.18. The molecule has 0 radical (unpaired) electrons. The molecule has 1 aromatic rings. The quantitative estimate of drug-likeness (QED) is 0.457. The molecule has 0 atom stereocenters. The Balaban J connectivity index is 2.72. The number of nitrogens with zero attached hydrogens (tertiary/aromatic N) is 1. The van der Waals surface area contributed by atoms with Crippen LogP contribution in [0.5, 0.6) is 5.75 Å². The molecule has 0 aliphatic carbocycles. The smallest absolute Gasteiger partial charge is 0.416 e. The van der Waals surface area contributed by atoms with Gasteiger partial charge in [-0.1, -0.05) is 6.07 Å². The Morgan fingerprint density at radius 3 is 2.57 bits per heavy atom. The molecule has 0 amide bonds. The summed E-state index contributed by atoms with van der Waals surface area (Å²) < 4.78 is 49.4. The molecule has 2 N–H and O–H groups in total. The summed E-state index contributed by atoms with van der Waals surface area (Å²) in [6.07, 6.45) is -4.45. The van der Waals surface area contributed by atoms with Gasteiger partial charge in [-0.15, -0.1) is 0 Å². The highest BCUT2D eigenvalue weighted by Gasteiger charge is 2.33. The van der Waals surface area contributed by atoms with Gasteiger partial charge in [0.2, 0.25) is 0 Å². The van der Waals surface area contributed by atoms with Crippen LogP contribution < -0.4 is 15.4 Å². The van der Waals surface area contributed by atoms with Crippen molar-refractivity contribution in [3.8, 4) is 5.75 Å². The maximum Gasteiger partial charge on any atom is 0.416 e. The van der Waals surface area contributed by atoms with Gasteiger partial charge in [-0.25, -0.2) is 0 Å². The van der Waals surface area contributed by atoms with E-state index in [-0.39, 0.29) is 17.9 Å². The minimum Gasteiger partial charge on any atom is -0.497 e. The number of aliphatic imine (C=N–C) groups is 1. The van der Waals surface area contributed by atoms with Crippen molar-refractivity contribution in [3.05, 3.63) is 29.3 Å². The molecule has 0 unspecified atom stereocenters. The molecular weight excluding hydrogens is 311 g/mol. The summed E-state index contributed by atoms with van der Waals surface area (Å²) in [7, 11) is 2.88. The van der Waals surface area contributed by atoms with Crippen molar-refractivity contribution in [2.24, 2.45) is 4.99 Å². The van der Waals surface area contributed by atoms with E-state index >= 15 is 0 Å². The minimum atomic E-state index is -4.45. The van der Waals surface area contributed by atoms with Crippen LogP contribution >= 0.6 is 0 Å². The zero-order valence-corrected chi connectivity index (χ0v) is 13.5. The molecule has 0 spiro atoms. The molecule has 0 heterocycles. The van der Waals surface area contributed by atoms with Gasteiger partial charge >= 0.3 is 6.18 Å². The predicted octanol–water partition coefficient (Wildman–Crippen LogP) is 2.42. The summed E-state index contributed by atoms with van der Waals surface area (Å²) in [5.74, 6) is 0.578. The third-order valence-electron chi connectivity index (χ3n) is 3.04. The van der Waals surface area contributed by atoms with Gasteiger partial charge in [0.15, 0.2) is 5.96 Å². The van der Waals surface area contributed by atoms with E-state index in [0.29, 0.717) is 25.7 Å². The molecule has 23 heavy (non-hydrogen) atoms. The Morgan fingerprint density at radius 2 is 2.00 bits per heavy atom. The van der Waals surface area contributed by atoms with E-state index in [4.69, 9.17) is 9.47 Å². The maximum atomic E-state index is 13.1. The molecule has 0 aromatic heterocycles. The maximum absolute atomic E-state index is 13.1. The summed E-state index contributed by atoms with van der Waals surface area (Å²) in [5.41, 5.74) is -0.611. The number of benzene rings is 1. The highest BCUT2D eigenvalue weighted by Crippen LogP contribution is 2.34. The highest BCUT2D eigenvalue weighted by atomic mass is 19.4. The van der Waals surface area contributed by atoms with Crippen molar-refractivity contribution in [2.75, 3.05) is 33.9 Å². The number of guanidine groups is 1. The second-order valence-corrected chi connectivity index (χ2v) is 4.57. The van der Waals surface area contributed by atoms with Gasteiger partial charge < -0.3 is 20.1 Å².